The van der Waals surface area contributed by atoms with E-state index in [1.54, 1.807) is 25.1 Å². The molecule has 1 aromatic carbocycles. The Bertz CT molecular complexity index is 640. The summed E-state index contributed by atoms with van der Waals surface area (Å²) < 4.78 is 0.814. The summed E-state index contributed by atoms with van der Waals surface area (Å²) in [5.74, 6) is -0.0720. The Hall–Kier alpha value is -1.33. The number of alkyl halides is 1. The maximum Gasteiger partial charge on any atom is 0.262 e. The van der Waals surface area contributed by atoms with Crippen LogP contribution in [-0.4, -0.2) is 15.1 Å². The zero-order valence-corrected chi connectivity index (χ0v) is 11.8. The molecule has 6 heteroatoms. The maximum atomic E-state index is 11.9. The van der Waals surface area contributed by atoms with Gasteiger partial charge >= 0.3 is 0 Å². The smallest absolute Gasteiger partial charge is 0.262 e. The zero-order chi connectivity index (χ0) is 13.3. The van der Waals surface area contributed by atoms with E-state index in [0.717, 1.165) is 4.47 Å². The van der Waals surface area contributed by atoms with Crippen LogP contribution in [0.3, 0.4) is 0 Å². The van der Waals surface area contributed by atoms with Gasteiger partial charge in [0.25, 0.3) is 5.56 Å². The second-order valence-corrected chi connectivity index (χ2v) is 5.35. The highest BCUT2D eigenvalue weighted by molar-refractivity contribution is 9.10. The van der Waals surface area contributed by atoms with Crippen molar-refractivity contribution in [1.82, 2.24) is 9.97 Å². The molecule has 0 saturated heterocycles. The Balaban J connectivity index is 2.63. The number of aromatic nitrogens is 2. The van der Waals surface area contributed by atoms with Crippen molar-refractivity contribution < 1.29 is 5.11 Å². The van der Waals surface area contributed by atoms with E-state index >= 15 is 0 Å². The molecule has 2 N–H and O–H groups in total. The van der Waals surface area contributed by atoms with Crippen LogP contribution in [0.2, 0.25) is 0 Å². The summed E-state index contributed by atoms with van der Waals surface area (Å²) >= 11 is 9.13. The highest BCUT2D eigenvalue weighted by atomic mass is 79.9. The highest BCUT2D eigenvalue weighted by Gasteiger charge is 2.15. The molecule has 1 heterocycles. The molecule has 0 spiro atoms. The van der Waals surface area contributed by atoms with Gasteiger partial charge in [-0.25, -0.2) is 0 Å². The van der Waals surface area contributed by atoms with Gasteiger partial charge in [0.1, 0.15) is 11.4 Å². The number of nitrogens with one attached hydrogen (secondary N) is 1. The van der Waals surface area contributed by atoms with E-state index in [-0.39, 0.29) is 17.3 Å². The highest BCUT2D eigenvalue weighted by Crippen LogP contribution is 2.27. The Morgan fingerprint density at radius 1 is 1.50 bits per heavy atom. The van der Waals surface area contributed by atoms with Crippen LogP contribution in [0.1, 0.15) is 18.1 Å². The molecule has 4 nitrogen and oxygen atoms in total. The lowest BCUT2D eigenvalue weighted by atomic mass is 10.1. The lowest BCUT2D eigenvalue weighted by Crippen LogP contribution is -2.14. The van der Waals surface area contributed by atoms with Crippen molar-refractivity contribution in [2.45, 2.75) is 12.3 Å². The van der Waals surface area contributed by atoms with Crippen molar-refractivity contribution in [3.63, 3.8) is 0 Å². The second kappa shape index (κ2) is 5.12. The molecular formula is C12H10BrClN2O2. The van der Waals surface area contributed by atoms with Crippen LogP contribution >= 0.6 is 27.5 Å². The first kappa shape index (κ1) is 13.1. The van der Waals surface area contributed by atoms with Crippen molar-refractivity contribution in [2.24, 2.45) is 0 Å². The molecular weight excluding hydrogens is 320 g/mol. The Morgan fingerprint density at radius 3 is 2.78 bits per heavy atom. The third-order valence-corrected chi connectivity index (χ3v) is 3.11. The van der Waals surface area contributed by atoms with E-state index in [2.05, 4.69) is 25.9 Å². The molecule has 0 bridgehead atoms. The second-order valence-electron chi connectivity index (χ2n) is 3.78. The first-order valence-electron chi connectivity index (χ1n) is 5.22. The number of aromatic hydroxyl groups is 1. The van der Waals surface area contributed by atoms with Crippen LogP contribution in [0, 0.1) is 0 Å². The topological polar surface area (TPSA) is 66.0 Å². The quantitative estimate of drug-likeness (QED) is 0.832. The summed E-state index contributed by atoms with van der Waals surface area (Å²) in [5.41, 5.74) is 0.310. The molecule has 18 heavy (non-hydrogen) atoms. The summed E-state index contributed by atoms with van der Waals surface area (Å²) in [6, 6.07) is 7.06. The van der Waals surface area contributed by atoms with Gasteiger partial charge in [-0.2, -0.15) is 4.98 Å². The van der Waals surface area contributed by atoms with Gasteiger partial charge in [0, 0.05) is 4.47 Å². The van der Waals surface area contributed by atoms with E-state index in [4.69, 9.17) is 11.6 Å². The first-order valence-corrected chi connectivity index (χ1v) is 6.45. The molecule has 1 atom stereocenters. The summed E-state index contributed by atoms with van der Waals surface area (Å²) in [7, 11) is 0. The molecule has 0 aliphatic rings. The molecule has 94 valence electrons. The van der Waals surface area contributed by atoms with Crippen LogP contribution in [-0.2, 0) is 0 Å². The number of aromatic amines is 1. The fourth-order valence-electron chi connectivity index (χ4n) is 1.57. The average molecular weight is 330 g/mol. The number of H-pyrrole nitrogens is 1. The van der Waals surface area contributed by atoms with Crippen molar-refractivity contribution in [2.75, 3.05) is 0 Å². The number of rotatable bonds is 2. The summed E-state index contributed by atoms with van der Waals surface area (Å²) in [4.78, 5) is 18.4. The minimum Gasteiger partial charge on any atom is -0.493 e. The lowest BCUT2D eigenvalue weighted by molar-refractivity contribution is 0.450. The summed E-state index contributed by atoms with van der Waals surface area (Å²) in [6.45, 7) is 1.66. The normalized spacial score (nSPS) is 12.4. The van der Waals surface area contributed by atoms with E-state index in [9.17, 15) is 9.90 Å². The van der Waals surface area contributed by atoms with Gasteiger partial charge in [-0.15, -0.1) is 11.6 Å². The van der Waals surface area contributed by atoms with E-state index < -0.39 is 10.9 Å². The maximum absolute atomic E-state index is 11.9. The van der Waals surface area contributed by atoms with Gasteiger partial charge in [-0.1, -0.05) is 28.1 Å². The summed E-state index contributed by atoms with van der Waals surface area (Å²) in [5, 5.41) is 9.39. The third kappa shape index (κ3) is 2.57. The molecule has 1 aromatic heterocycles. The minimum absolute atomic E-state index is 0.136. The molecule has 2 rings (SSSR count). The fourth-order valence-corrected chi connectivity index (χ4v) is 2.07. The molecule has 0 aliphatic heterocycles. The van der Waals surface area contributed by atoms with Crippen LogP contribution in [0.5, 0.6) is 5.88 Å². The van der Waals surface area contributed by atoms with Crippen molar-refractivity contribution in [3.05, 3.63) is 44.9 Å². The monoisotopic (exact) mass is 328 g/mol. The molecule has 0 saturated carbocycles. The van der Waals surface area contributed by atoms with Crippen LogP contribution in [0.4, 0.5) is 0 Å². The van der Waals surface area contributed by atoms with Gasteiger partial charge in [0.05, 0.1) is 5.38 Å². The standard InChI is InChI=1S/C12H10BrClN2O2/c1-6(14)10-15-11(17)9(12(18)16-10)7-3-2-4-8(13)5-7/h2-6H,1H3,(H2,15,16,17,18). The van der Waals surface area contributed by atoms with Crippen LogP contribution < -0.4 is 5.56 Å². The molecule has 2 aromatic rings. The van der Waals surface area contributed by atoms with E-state index in [1.165, 1.54) is 0 Å². The Labute approximate surface area is 117 Å². The van der Waals surface area contributed by atoms with Crippen LogP contribution in [0.25, 0.3) is 11.1 Å². The predicted octanol–water partition coefficient (Wildman–Crippen LogP) is 3.20. The zero-order valence-electron chi connectivity index (χ0n) is 9.45. The summed E-state index contributed by atoms with van der Waals surface area (Å²) in [6.07, 6.45) is 0. The Morgan fingerprint density at radius 2 is 2.22 bits per heavy atom. The van der Waals surface area contributed by atoms with Crippen molar-refractivity contribution in [1.29, 1.82) is 0 Å². The molecule has 0 amide bonds. The number of benzene rings is 1. The SMILES string of the molecule is CC(Cl)c1nc(O)c(-c2cccc(Br)c2)c(=O)[nH]1. The number of halogens is 2. The number of hydrogen-bond acceptors (Lipinski definition) is 3. The lowest BCUT2D eigenvalue weighted by Gasteiger charge is -2.07. The Kier molecular flexibility index (Phi) is 3.73. The largest absolute Gasteiger partial charge is 0.493 e. The molecule has 0 fully saturated rings. The fraction of sp³-hybridized carbons (Fsp3) is 0.167. The molecule has 0 radical (unpaired) electrons. The van der Waals surface area contributed by atoms with Crippen molar-refractivity contribution >= 4 is 27.5 Å². The minimum atomic E-state index is -0.472. The van der Waals surface area contributed by atoms with Gasteiger partial charge in [-0.3, -0.25) is 4.79 Å². The molecule has 1 unspecified atom stereocenters. The van der Waals surface area contributed by atoms with Crippen LogP contribution in [0.15, 0.2) is 33.5 Å². The van der Waals surface area contributed by atoms with Crippen molar-refractivity contribution in [3.8, 4) is 17.0 Å². The molecule has 0 aliphatic carbocycles. The van der Waals surface area contributed by atoms with Gasteiger partial charge in [0.15, 0.2) is 0 Å². The van der Waals surface area contributed by atoms with Gasteiger partial charge < -0.3 is 10.1 Å². The van der Waals surface area contributed by atoms with E-state index in [0.29, 0.717) is 5.56 Å². The average Bonchev–Trinajstić information content (AvgIpc) is 2.27. The third-order valence-electron chi connectivity index (χ3n) is 2.41. The van der Waals surface area contributed by atoms with Gasteiger partial charge in [0.2, 0.25) is 5.88 Å². The van der Waals surface area contributed by atoms with Gasteiger partial charge in [-0.05, 0) is 24.6 Å². The number of hydrogen-bond donors (Lipinski definition) is 2. The first-order chi connectivity index (χ1) is 8.49. The van der Waals surface area contributed by atoms with E-state index in [1.807, 2.05) is 6.07 Å². The predicted molar refractivity (Wildman–Crippen MR) is 73.9 cm³/mol. The number of nitrogens with zero attached hydrogens (tertiary/aromatic N) is 1.